The van der Waals surface area contributed by atoms with Gasteiger partial charge in [0.05, 0.1) is 17.7 Å². The molecule has 1 aromatic rings. The molecule has 1 heterocycles. The maximum atomic E-state index is 12.7. The summed E-state index contributed by atoms with van der Waals surface area (Å²) in [5.41, 5.74) is 1.62. The first-order chi connectivity index (χ1) is 11.6. The topological polar surface area (TPSA) is 57.7 Å². The average molecular weight is 342 g/mol. The molecule has 2 aliphatic rings. The molecule has 0 spiro atoms. The van der Waals surface area contributed by atoms with E-state index in [9.17, 15) is 14.4 Å². The number of fused-ring (bicyclic) bond motifs is 1. The van der Waals surface area contributed by atoms with Gasteiger partial charge in [0.25, 0.3) is 11.8 Å². The van der Waals surface area contributed by atoms with Crippen LogP contribution in [0.3, 0.4) is 0 Å². The fourth-order valence-corrected chi connectivity index (χ4v) is 3.31. The summed E-state index contributed by atoms with van der Waals surface area (Å²) in [4.78, 5) is 37.9. The van der Waals surface area contributed by atoms with Gasteiger partial charge in [-0.25, -0.2) is 5.01 Å². The van der Waals surface area contributed by atoms with Crippen LogP contribution < -0.4 is 0 Å². The molecule has 0 unspecified atom stereocenters. The second kappa shape index (κ2) is 7.05. The van der Waals surface area contributed by atoms with Gasteiger partial charge in [-0.05, 0) is 36.3 Å². The smallest absolute Gasteiger partial charge is 0.267 e. The van der Waals surface area contributed by atoms with E-state index in [1.165, 1.54) is 5.01 Å². The second-order valence-electron chi connectivity index (χ2n) is 5.48. The lowest BCUT2D eigenvalue weighted by Gasteiger charge is -2.30. The van der Waals surface area contributed by atoms with Crippen LogP contribution in [0.25, 0.3) is 0 Å². The van der Waals surface area contributed by atoms with Crippen LogP contribution >= 0.6 is 11.8 Å². The summed E-state index contributed by atoms with van der Waals surface area (Å²) in [5.74, 6) is -0.310. The van der Waals surface area contributed by atoms with Crippen LogP contribution in [-0.2, 0) is 0 Å². The number of hydrazine groups is 1. The highest BCUT2D eigenvalue weighted by molar-refractivity contribution is 8.13. The third kappa shape index (κ3) is 3.01. The Hall–Kier alpha value is -2.34. The van der Waals surface area contributed by atoms with E-state index in [2.05, 4.69) is 0 Å². The molecule has 6 heteroatoms. The number of amides is 3. The number of allylic oxidation sites excluding steroid dienone is 2. The number of carbonyl (C=O) groups is 3. The summed E-state index contributed by atoms with van der Waals surface area (Å²) in [5, 5.41) is 1.95. The third-order valence-corrected chi connectivity index (χ3v) is 4.64. The molecule has 0 N–H and O–H groups in total. The van der Waals surface area contributed by atoms with Crippen molar-refractivity contribution in [3.05, 3.63) is 59.2 Å². The predicted octanol–water partition coefficient (Wildman–Crippen LogP) is 3.65. The van der Waals surface area contributed by atoms with Gasteiger partial charge in [-0.15, -0.1) is 0 Å². The standard InChI is InChI=1S/C18H18N2O3S/c1-2-24-18(23)19(12-13-8-4-3-5-9-13)20-16(21)14-10-6-7-11-15(14)17(20)22/h4,6-11H,2-3,5,12H2,1H3. The van der Waals surface area contributed by atoms with Crippen LogP contribution in [-0.4, -0.2) is 39.4 Å². The van der Waals surface area contributed by atoms with E-state index in [0.29, 0.717) is 16.9 Å². The molecule has 0 bridgehead atoms. The van der Waals surface area contributed by atoms with Crippen molar-refractivity contribution in [2.45, 2.75) is 19.8 Å². The molecule has 0 saturated carbocycles. The highest BCUT2D eigenvalue weighted by Gasteiger charge is 2.41. The molecule has 0 saturated heterocycles. The van der Waals surface area contributed by atoms with Crippen molar-refractivity contribution in [2.75, 3.05) is 12.3 Å². The van der Waals surface area contributed by atoms with Crippen LogP contribution in [0.5, 0.6) is 0 Å². The van der Waals surface area contributed by atoms with Gasteiger partial charge in [0.1, 0.15) is 0 Å². The van der Waals surface area contributed by atoms with Gasteiger partial charge in [0.15, 0.2) is 0 Å². The molecular weight excluding hydrogens is 324 g/mol. The molecule has 24 heavy (non-hydrogen) atoms. The number of nitrogens with zero attached hydrogens (tertiary/aromatic N) is 2. The van der Waals surface area contributed by atoms with Gasteiger partial charge >= 0.3 is 5.24 Å². The Bertz CT molecular complexity index is 719. The van der Waals surface area contributed by atoms with Crippen LogP contribution in [0, 0.1) is 0 Å². The number of rotatable bonds is 4. The largest absolute Gasteiger partial charge is 0.301 e. The molecule has 0 radical (unpaired) electrons. The van der Waals surface area contributed by atoms with Crippen LogP contribution in [0.15, 0.2) is 48.1 Å². The number of benzene rings is 1. The van der Waals surface area contributed by atoms with Crippen molar-refractivity contribution in [1.29, 1.82) is 0 Å². The minimum absolute atomic E-state index is 0.216. The van der Waals surface area contributed by atoms with Gasteiger partial charge in [0, 0.05) is 0 Å². The first kappa shape index (κ1) is 16.5. The first-order valence-corrected chi connectivity index (χ1v) is 8.89. The molecule has 124 valence electrons. The number of hydrogen-bond donors (Lipinski definition) is 0. The van der Waals surface area contributed by atoms with E-state index in [4.69, 9.17) is 0 Å². The number of carbonyl (C=O) groups excluding carboxylic acids is 3. The molecule has 1 aliphatic carbocycles. The van der Waals surface area contributed by atoms with Crippen molar-refractivity contribution >= 4 is 28.8 Å². The normalized spacial score (nSPS) is 16.2. The summed E-state index contributed by atoms with van der Waals surface area (Å²) in [7, 11) is 0. The fourth-order valence-electron chi connectivity index (χ4n) is 2.77. The van der Waals surface area contributed by atoms with E-state index in [-0.39, 0.29) is 11.8 Å². The van der Waals surface area contributed by atoms with E-state index in [1.807, 2.05) is 25.2 Å². The van der Waals surface area contributed by atoms with Crippen molar-refractivity contribution in [1.82, 2.24) is 10.0 Å². The summed E-state index contributed by atoms with van der Waals surface area (Å²) < 4.78 is 0. The zero-order chi connectivity index (χ0) is 17.1. The number of hydrogen-bond acceptors (Lipinski definition) is 4. The Morgan fingerprint density at radius 2 is 1.83 bits per heavy atom. The fraction of sp³-hybridized carbons (Fsp3) is 0.278. The van der Waals surface area contributed by atoms with Gasteiger partial charge in [-0.2, -0.15) is 5.01 Å². The Balaban J connectivity index is 1.92. The lowest BCUT2D eigenvalue weighted by molar-refractivity contribution is 0.0259. The molecule has 5 nitrogen and oxygen atoms in total. The van der Waals surface area contributed by atoms with E-state index in [1.54, 1.807) is 24.3 Å². The molecule has 1 aliphatic heterocycles. The van der Waals surface area contributed by atoms with Gasteiger partial charge in [-0.3, -0.25) is 14.4 Å². The SMILES string of the molecule is CCSC(=O)N(CC1=CCCC=C1)N1C(=O)c2ccccc2C1=O. The lowest BCUT2D eigenvalue weighted by Crippen LogP contribution is -2.49. The van der Waals surface area contributed by atoms with Crippen molar-refractivity contribution in [2.24, 2.45) is 0 Å². The summed E-state index contributed by atoms with van der Waals surface area (Å²) in [6, 6.07) is 6.66. The molecule has 3 rings (SSSR count). The summed E-state index contributed by atoms with van der Waals surface area (Å²) in [6.07, 6.45) is 7.88. The Kier molecular flexibility index (Phi) is 4.85. The number of thioether (sulfide) groups is 1. The maximum Gasteiger partial charge on any atom is 0.301 e. The van der Waals surface area contributed by atoms with Crippen LogP contribution in [0.4, 0.5) is 4.79 Å². The van der Waals surface area contributed by atoms with E-state index in [0.717, 1.165) is 35.2 Å². The Morgan fingerprint density at radius 1 is 1.17 bits per heavy atom. The third-order valence-electron chi connectivity index (χ3n) is 3.90. The monoisotopic (exact) mass is 342 g/mol. The van der Waals surface area contributed by atoms with E-state index >= 15 is 0 Å². The zero-order valence-corrected chi connectivity index (χ0v) is 14.2. The number of imide groups is 1. The zero-order valence-electron chi connectivity index (χ0n) is 13.4. The Morgan fingerprint density at radius 3 is 2.38 bits per heavy atom. The van der Waals surface area contributed by atoms with Crippen LogP contribution in [0.1, 0.15) is 40.5 Å². The molecule has 0 aromatic heterocycles. The lowest BCUT2D eigenvalue weighted by atomic mass is 10.1. The second-order valence-corrected chi connectivity index (χ2v) is 6.70. The summed E-state index contributed by atoms with van der Waals surface area (Å²) >= 11 is 1.09. The molecule has 0 atom stereocenters. The highest BCUT2D eigenvalue weighted by Crippen LogP contribution is 2.27. The summed E-state index contributed by atoms with van der Waals surface area (Å²) in [6.45, 7) is 2.08. The van der Waals surface area contributed by atoms with E-state index < -0.39 is 11.8 Å². The predicted molar refractivity (Wildman–Crippen MR) is 93.6 cm³/mol. The van der Waals surface area contributed by atoms with Crippen molar-refractivity contribution in [3.8, 4) is 0 Å². The van der Waals surface area contributed by atoms with Crippen molar-refractivity contribution in [3.63, 3.8) is 0 Å². The molecule has 1 aromatic carbocycles. The minimum Gasteiger partial charge on any atom is -0.267 e. The minimum atomic E-state index is -0.443. The quantitative estimate of drug-likeness (QED) is 0.784. The van der Waals surface area contributed by atoms with Gasteiger partial charge in [-0.1, -0.05) is 49.0 Å². The molecular formula is C18H18N2O3S. The van der Waals surface area contributed by atoms with Gasteiger partial charge < -0.3 is 0 Å². The highest BCUT2D eigenvalue weighted by atomic mass is 32.2. The Labute approximate surface area is 145 Å². The average Bonchev–Trinajstić information content (AvgIpc) is 2.86. The maximum absolute atomic E-state index is 12.7. The molecule has 3 amide bonds. The van der Waals surface area contributed by atoms with Gasteiger partial charge in [0.2, 0.25) is 0 Å². The van der Waals surface area contributed by atoms with Crippen LogP contribution in [0.2, 0.25) is 0 Å². The molecule has 0 fully saturated rings. The first-order valence-electron chi connectivity index (χ1n) is 7.91. The van der Waals surface area contributed by atoms with Crippen molar-refractivity contribution < 1.29 is 14.4 Å².